The van der Waals surface area contributed by atoms with E-state index in [0.717, 1.165) is 11.1 Å². The zero-order valence-corrected chi connectivity index (χ0v) is 21.9. The molecule has 1 saturated heterocycles. The average molecular weight is 549 g/mol. The Labute approximate surface area is 209 Å². The molecule has 2 heterocycles. The van der Waals surface area contributed by atoms with Gasteiger partial charge >= 0.3 is 0 Å². The van der Waals surface area contributed by atoms with Crippen LogP contribution in [-0.4, -0.2) is 44.2 Å². The zero-order valence-electron chi connectivity index (χ0n) is 19.5. The van der Waals surface area contributed by atoms with Crippen molar-refractivity contribution in [2.24, 2.45) is 5.92 Å². The number of anilines is 1. The standard InChI is InChI=1S/C25H30BrN3O4S/c1-3-24(30)29-13-11-19-14-21(26)23(15-22(19)29)34(32,33)28-12-7-10-20(16-28)25(31)27-17(2)18-8-5-4-6-9-18/h4-6,8-9,14-15,17,20H,3,7,10-13,16H2,1-2H3,(H,27,31)/t17-,20-/m0/s1. The Hall–Kier alpha value is -2.23. The summed E-state index contributed by atoms with van der Waals surface area (Å²) < 4.78 is 29.1. The summed E-state index contributed by atoms with van der Waals surface area (Å²) in [5, 5.41) is 3.03. The molecule has 2 aliphatic heterocycles. The lowest BCUT2D eigenvalue weighted by molar-refractivity contribution is -0.126. The van der Waals surface area contributed by atoms with Crippen LogP contribution in [0, 0.1) is 5.92 Å². The van der Waals surface area contributed by atoms with E-state index in [1.165, 1.54) is 4.31 Å². The van der Waals surface area contributed by atoms with Gasteiger partial charge in [-0.15, -0.1) is 0 Å². The third kappa shape index (κ3) is 4.92. The molecule has 1 fully saturated rings. The highest BCUT2D eigenvalue weighted by molar-refractivity contribution is 9.10. The maximum atomic E-state index is 13.6. The molecule has 182 valence electrons. The molecule has 4 rings (SSSR count). The van der Waals surface area contributed by atoms with E-state index in [4.69, 9.17) is 0 Å². The minimum atomic E-state index is -3.85. The highest BCUT2D eigenvalue weighted by Gasteiger charge is 2.36. The molecule has 0 unspecified atom stereocenters. The fraction of sp³-hybridized carbons (Fsp3) is 0.440. The van der Waals surface area contributed by atoms with Crippen LogP contribution in [0.25, 0.3) is 0 Å². The Morgan fingerprint density at radius 2 is 1.91 bits per heavy atom. The van der Waals surface area contributed by atoms with Gasteiger partial charge in [0, 0.05) is 36.2 Å². The second kappa shape index (κ2) is 10.2. The first-order valence-electron chi connectivity index (χ1n) is 11.7. The first-order valence-corrected chi connectivity index (χ1v) is 13.9. The lowest BCUT2D eigenvalue weighted by atomic mass is 9.98. The smallest absolute Gasteiger partial charge is 0.244 e. The number of sulfonamides is 1. The Morgan fingerprint density at radius 1 is 1.18 bits per heavy atom. The van der Waals surface area contributed by atoms with Gasteiger partial charge < -0.3 is 10.2 Å². The number of carbonyl (C=O) groups excluding carboxylic acids is 2. The van der Waals surface area contributed by atoms with Gasteiger partial charge in [-0.25, -0.2) is 8.42 Å². The number of rotatable bonds is 6. The summed E-state index contributed by atoms with van der Waals surface area (Å²) in [7, 11) is -3.85. The summed E-state index contributed by atoms with van der Waals surface area (Å²) in [6, 6.07) is 13.0. The van der Waals surface area contributed by atoms with E-state index < -0.39 is 15.9 Å². The van der Waals surface area contributed by atoms with Gasteiger partial charge in [0.2, 0.25) is 21.8 Å². The van der Waals surface area contributed by atoms with Crippen molar-refractivity contribution in [2.45, 2.75) is 50.5 Å². The molecule has 2 aromatic rings. The molecule has 7 nitrogen and oxygen atoms in total. The van der Waals surface area contributed by atoms with Crippen LogP contribution >= 0.6 is 15.9 Å². The molecule has 2 atom stereocenters. The van der Waals surface area contributed by atoms with Crippen LogP contribution < -0.4 is 10.2 Å². The maximum absolute atomic E-state index is 13.6. The third-order valence-corrected chi connectivity index (χ3v) is 9.49. The number of nitrogens with one attached hydrogen (secondary N) is 1. The molecular weight excluding hydrogens is 518 g/mol. The summed E-state index contributed by atoms with van der Waals surface area (Å²) in [5.41, 5.74) is 2.62. The molecule has 9 heteroatoms. The highest BCUT2D eigenvalue weighted by atomic mass is 79.9. The Balaban J connectivity index is 1.53. The van der Waals surface area contributed by atoms with Crippen LogP contribution in [0.1, 0.15) is 50.3 Å². The summed E-state index contributed by atoms with van der Waals surface area (Å²) >= 11 is 3.44. The van der Waals surface area contributed by atoms with E-state index in [2.05, 4.69) is 21.2 Å². The Kier molecular flexibility index (Phi) is 7.45. The molecule has 2 aromatic carbocycles. The topological polar surface area (TPSA) is 86.8 Å². The summed E-state index contributed by atoms with van der Waals surface area (Å²) in [4.78, 5) is 27.1. The minimum absolute atomic E-state index is 0.0216. The number of nitrogens with zero attached hydrogens (tertiary/aromatic N) is 2. The predicted molar refractivity (Wildman–Crippen MR) is 135 cm³/mol. The minimum Gasteiger partial charge on any atom is -0.349 e. The van der Waals surface area contributed by atoms with Crippen LogP contribution in [0.4, 0.5) is 5.69 Å². The molecule has 2 amide bonds. The summed E-state index contributed by atoms with van der Waals surface area (Å²) in [5.74, 6) is -0.572. The molecular formula is C25H30BrN3O4S. The van der Waals surface area contributed by atoms with Crippen molar-refractivity contribution in [2.75, 3.05) is 24.5 Å². The van der Waals surface area contributed by atoms with Gasteiger partial charge in [0.25, 0.3) is 0 Å². The van der Waals surface area contributed by atoms with Gasteiger partial charge in [0.05, 0.1) is 16.9 Å². The van der Waals surface area contributed by atoms with E-state index in [9.17, 15) is 18.0 Å². The molecule has 0 radical (unpaired) electrons. The molecule has 0 bridgehead atoms. The van der Waals surface area contributed by atoms with E-state index in [0.29, 0.717) is 48.9 Å². The average Bonchev–Trinajstić information content (AvgIpc) is 3.26. The fourth-order valence-electron chi connectivity index (χ4n) is 4.71. The van der Waals surface area contributed by atoms with Gasteiger partial charge in [-0.2, -0.15) is 4.31 Å². The van der Waals surface area contributed by atoms with Gasteiger partial charge in [0.1, 0.15) is 0 Å². The van der Waals surface area contributed by atoms with Crippen molar-refractivity contribution >= 4 is 43.5 Å². The number of carbonyl (C=O) groups is 2. The third-order valence-electron chi connectivity index (χ3n) is 6.66. The number of hydrogen-bond acceptors (Lipinski definition) is 4. The van der Waals surface area contributed by atoms with Crippen molar-refractivity contribution in [1.29, 1.82) is 0 Å². The SMILES string of the molecule is CCC(=O)N1CCc2cc(Br)c(S(=O)(=O)N3CCC[C@H](C(=O)N[C@@H](C)c4ccccc4)C3)cc21. The van der Waals surface area contributed by atoms with E-state index >= 15 is 0 Å². The first kappa shape index (κ1) is 24.9. The van der Waals surface area contributed by atoms with Crippen molar-refractivity contribution in [1.82, 2.24) is 9.62 Å². The van der Waals surface area contributed by atoms with Crippen LogP contribution in [0.5, 0.6) is 0 Å². The molecule has 1 N–H and O–H groups in total. The van der Waals surface area contributed by atoms with Gasteiger partial charge in [-0.1, -0.05) is 37.3 Å². The van der Waals surface area contributed by atoms with Crippen molar-refractivity contribution in [3.63, 3.8) is 0 Å². The van der Waals surface area contributed by atoms with Crippen LogP contribution in [0.15, 0.2) is 51.8 Å². The number of piperidine rings is 1. The van der Waals surface area contributed by atoms with Crippen molar-refractivity contribution in [3.05, 3.63) is 58.1 Å². The largest absolute Gasteiger partial charge is 0.349 e. The number of benzene rings is 2. The monoisotopic (exact) mass is 547 g/mol. The first-order chi connectivity index (χ1) is 16.2. The van der Waals surface area contributed by atoms with Crippen molar-refractivity contribution in [3.8, 4) is 0 Å². The summed E-state index contributed by atoms with van der Waals surface area (Å²) in [6.45, 7) is 4.78. The lowest BCUT2D eigenvalue weighted by Gasteiger charge is -2.32. The number of fused-ring (bicyclic) bond motifs is 1. The van der Waals surface area contributed by atoms with Gasteiger partial charge in [-0.3, -0.25) is 9.59 Å². The van der Waals surface area contributed by atoms with Gasteiger partial charge in [0.15, 0.2) is 0 Å². The quantitative estimate of drug-likeness (QED) is 0.591. The highest BCUT2D eigenvalue weighted by Crippen LogP contribution is 2.37. The second-order valence-electron chi connectivity index (χ2n) is 8.90. The lowest BCUT2D eigenvalue weighted by Crippen LogP contribution is -2.45. The maximum Gasteiger partial charge on any atom is 0.244 e. The Bertz CT molecular complexity index is 1190. The summed E-state index contributed by atoms with van der Waals surface area (Å²) in [6.07, 6.45) is 2.32. The van der Waals surface area contributed by atoms with Gasteiger partial charge in [-0.05, 0) is 65.4 Å². The van der Waals surface area contributed by atoms with E-state index in [1.54, 1.807) is 24.0 Å². The number of hydrogen-bond donors (Lipinski definition) is 1. The van der Waals surface area contributed by atoms with E-state index in [1.807, 2.05) is 37.3 Å². The van der Waals surface area contributed by atoms with Crippen LogP contribution in [-0.2, 0) is 26.0 Å². The van der Waals surface area contributed by atoms with Crippen molar-refractivity contribution < 1.29 is 18.0 Å². The second-order valence-corrected chi connectivity index (χ2v) is 11.7. The van der Waals surface area contributed by atoms with Crippen LogP contribution in [0.3, 0.4) is 0 Å². The Morgan fingerprint density at radius 3 is 2.62 bits per heavy atom. The van der Waals surface area contributed by atoms with Crippen LogP contribution in [0.2, 0.25) is 0 Å². The molecule has 0 aromatic heterocycles. The molecule has 34 heavy (non-hydrogen) atoms. The van der Waals surface area contributed by atoms with E-state index in [-0.39, 0.29) is 29.3 Å². The number of halogens is 1. The predicted octanol–water partition coefficient (Wildman–Crippen LogP) is 4.03. The molecule has 0 spiro atoms. The normalized spacial score (nSPS) is 19.5. The molecule has 0 saturated carbocycles. The molecule has 0 aliphatic carbocycles. The molecule has 2 aliphatic rings. The fourth-order valence-corrected chi connectivity index (χ4v) is 7.30. The zero-order chi connectivity index (χ0) is 24.5. The number of amides is 2.